The molecule has 0 aliphatic rings. The molecule has 0 nitrogen and oxygen atoms in total. The van der Waals surface area contributed by atoms with E-state index in [4.69, 9.17) is 0 Å². The second-order valence-corrected chi connectivity index (χ2v) is 4.79. The van der Waals surface area contributed by atoms with Crippen molar-refractivity contribution in [1.82, 2.24) is 0 Å². The molecule has 0 fully saturated rings. The van der Waals surface area contributed by atoms with Crippen molar-refractivity contribution in [3.05, 3.63) is 108 Å². The molecule has 0 saturated heterocycles. The predicted molar refractivity (Wildman–Crippen MR) is 86.4 cm³/mol. The molecule has 0 bridgehead atoms. The van der Waals surface area contributed by atoms with Gasteiger partial charge in [0, 0.05) is 11.1 Å². The zero-order valence-corrected chi connectivity index (χ0v) is 11.5. The minimum atomic E-state index is -0.201. The molecule has 0 saturated carbocycles. The Labute approximate surface area is 124 Å². The van der Waals surface area contributed by atoms with Gasteiger partial charge in [0.25, 0.3) is 0 Å². The summed E-state index contributed by atoms with van der Waals surface area (Å²) in [5.74, 6) is -0.201. The summed E-state index contributed by atoms with van der Waals surface area (Å²) in [5, 5.41) is 0. The van der Waals surface area contributed by atoms with Gasteiger partial charge in [-0.05, 0) is 11.1 Å². The SMILES string of the molecule is FC(=C(c1ccccc1)c1ccccc1)c1ccccc1. The first kappa shape index (κ1) is 13.3. The lowest BCUT2D eigenvalue weighted by Crippen LogP contribution is -1.91. The van der Waals surface area contributed by atoms with Crippen molar-refractivity contribution < 1.29 is 4.39 Å². The van der Waals surface area contributed by atoms with E-state index in [1.807, 2.05) is 78.9 Å². The van der Waals surface area contributed by atoms with E-state index >= 15 is 4.39 Å². The first-order chi connectivity index (χ1) is 10.4. The molecule has 102 valence electrons. The molecule has 0 heterocycles. The van der Waals surface area contributed by atoms with Gasteiger partial charge in [-0.3, -0.25) is 0 Å². The molecule has 0 amide bonds. The monoisotopic (exact) mass is 274 g/mol. The summed E-state index contributed by atoms with van der Waals surface area (Å²) >= 11 is 0. The first-order valence-corrected chi connectivity index (χ1v) is 6.92. The first-order valence-electron chi connectivity index (χ1n) is 6.92. The van der Waals surface area contributed by atoms with E-state index in [2.05, 4.69) is 0 Å². The molecular weight excluding hydrogens is 259 g/mol. The normalized spacial score (nSPS) is 10.1. The summed E-state index contributed by atoms with van der Waals surface area (Å²) in [4.78, 5) is 0. The number of hydrogen-bond donors (Lipinski definition) is 0. The highest BCUT2D eigenvalue weighted by Gasteiger charge is 2.13. The zero-order valence-electron chi connectivity index (χ0n) is 11.5. The molecule has 0 aliphatic carbocycles. The van der Waals surface area contributed by atoms with Crippen LogP contribution in [0.2, 0.25) is 0 Å². The summed E-state index contributed by atoms with van der Waals surface area (Å²) in [6.45, 7) is 0. The molecule has 0 unspecified atom stereocenters. The fourth-order valence-corrected chi connectivity index (χ4v) is 2.36. The maximum Gasteiger partial charge on any atom is 0.138 e. The van der Waals surface area contributed by atoms with Crippen LogP contribution in [0.4, 0.5) is 4.39 Å². The van der Waals surface area contributed by atoms with Gasteiger partial charge in [-0.2, -0.15) is 0 Å². The third-order valence-corrected chi connectivity index (χ3v) is 3.37. The Hall–Kier alpha value is -2.67. The van der Waals surface area contributed by atoms with Gasteiger partial charge >= 0.3 is 0 Å². The summed E-state index contributed by atoms with van der Waals surface area (Å²) in [5.41, 5.74) is 2.98. The van der Waals surface area contributed by atoms with Crippen LogP contribution >= 0.6 is 0 Å². The number of hydrogen-bond acceptors (Lipinski definition) is 0. The molecular formula is C20H15F. The van der Waals surface area contributed by atoms with E-state index in [0.717, 1.165) is 11.1 Å². The van der Waals surface area contributed by atoms with E-state index in [0.29, 0.717) is 11.1 Å². The van der Waals surface area contributed by atoms with Crippen LogP contribution in [0.3, 0.4) is 0 Å². The second-order valence-electron chi connectivity index (χ2n) is 4.79. The van der Waals surface area contributed by atoms with Crippen molar-refractivity contribution in [3.8, 4) is 0 Å². The van der Waals surface area contributed by atoms with Crippen molar-refractivity contribution in [1.29, 1.82) is 0 Å². The van der Waals surface area contributed by atoms with Gasteiger partial charge in [0.1, 0.15) is 5.83 Å². The van der Waals surface area contributed by atoms with Crippen LogP contribution in [0.25, 0.3) is 11.4 Å². The molecule has 0 N–H and O–H groups in total. The van der Waals surface area contributed by atoms with Crippen molar-refractivity contribution in [2.24, 2.45) is 0 Å². The van der Waals surface area contributed by atoms with Gasteiger partial charge in [-0.25, -0.2) is 4.39 Å². The lowest BCUT2D eigenvalue weighted by molar-refractivity contribution is 0.762. The van der Waals surface area contributed by atoms with Crippen LogP contribution in [0, 0.1) is 0 Å². The standard InChI is InChI=1S/C20H15F/c21-20(18-14-8-3-9-15-18)19(16-10-4-1-5-11-16)17-12-6-2-7-13-17/h1-15H. The zero-order chi connectivity index (χ0) is 14.5. The Bertz CT molecular complexity index is 687. The number of halogens is 1. The van der Waals surface area contributed by atoms with Crippen LogP contribution in [0.5, 0.6) is 0 Å². The lowest BCUT2D eigenvalue weighted by atomic mass is 9.95. The summed E-state index contributed by atoms with van der Waals surface area (Å²) in [7, 11) is 0. The van der Waals surface area contributed by atoms with Gasteiger partial charge in [-0.1, -0.05) is 91.0 Å². The largest absolute Gasteiger partial charge is 0.206 e. The highest BCUT2D eigenvalue weighted by atomic mass is 19.1. The minimum absolute atomic E-state index is 0.201. The minimum Gasteiger partial charge on any atom is -0.206 e. The van der Waals surface area contributed by atoms with E-state index in [1.165, 1.54) is 0 Å². The summed E-state index contributed by atoms with van der Waals surface area (Å²) < 4.78 is 15.1. The van der Waals surface area contributed by atoms with Crippen molar-refractivity contribution in [2.75, 3.05) is 0 Å². The Morgan fingerprint density at radius 1 is 0.476 bits per heavy atom. The fourth-order valence-electron chi connectivity index (χ4n) is 2.36. The predicted octanol–water partition coefficient (Wildman–Crippen LogP) is 5.57. The van der Waals surface area contributed by atoms with Crippen molar-refractivity contribution in [2.45, 2.75) is 0 Å². The second kappa shape index (κ2) is 6.19. The molecule has 0 aromatic heterocycles. The Morgan fingerprint density at radius 3 is 1.19 bits per heavy atom. The Balaban J connectivity index is 2.22. The van der Waals surface area contributed by atoms with Gasteiger partial charge in [0.2, 0.25) is 0 Å². The molecule has 0 atom stereocenters. The smallest absolute Gasteiger partial charge is 0.138 e. The molecule has 3 aromatic carbocycles. The van der Waals surface area contributed by atoms with Gasteiger partial charge in [-0.15, -0.1) is 0 Å². The van der Waals surface area contributed by atoms with Gasteiger partial charge in [0.15, 0.2) is 0 Å². The van der Waals surface area contributed by atoms with E-state index < -0.39 is 0 Å². The topological polar surface area (TPSA) is 0 Å². The maximum atomic E-state index is 15.1. The van der Waals surface area contributed by atoms with Gasteiger partial charge < -0.3 is 0 Å². The molecule has 0 spiro atoms. The highest BCUT2D eigenvalue weighted by molar-refractivity contribution is 5.95. The molecule has 21 heavy (non-hydrogen) atoms. The molecule has 3 aromatic rings. The third kappa shape index (κ3) is 2.92. The van der Waals surface area contributed by atoms with E-state index in [9.17, 15) is 0 Å². The van der Waals surface area contributed by atoms with E-state index in [-0.39, 0.29) is 5.83 Å². The Morgan fingerprint density at radius 2 is 0.810 bits per heavy atom. The number of benzene rings is 3. The van der Waals surface area contributed by atoms with Crippen molar-refractivity contribution in [3.63, 3.8) is 0 Å². The van der Waals surface area contributed by atoms with Crippen LogP contribution < -0.4 is 0 Å². The molecule has 1 heteroatoms. The van der Waals surface area contributed by atoms with Crippen molar-refractivity contribution >= 4 is 11.4 Å². The quantitative estimate of drug-likeness (QED) is 0.547. The average Bonchev–Trinajstić information content (AvgIpc) is 2.58. The van der Waals surface area contributed by atoms with Crippen LogP contribution in [0.15, 0.2) is 91.0 Å². The maximum absolute atomic E-state index is 15.1. The highest BCUT2D eigenvalue weighted by Crippen LogP contribution is 2.32. The van der Waals surface area contributed by atoms with Crippen LogP contribution in [-0.4, -0.2) is 0 Å². The summed E-state index contributed by atoms with van der Waals surface area (Å²) in [6, 6.07) is 28.5. The summed E-state index contributed by atoms with van der Waals surface area (Å²) in [6.07, 6.45) is 0. The van der Waals surface area contributed by atoms with Crippen LogP contribution in [0.1, 0.15) is 16.7 Å². The number of rotatable bonds is 3. The molecule has 0 aliphatic heterocycles. The molecule has 0 radical (unpaired) electrons. The third-order valence-electron chi connectivity index (χ3n) is 3.37. The van der Waals surface area contributed by atoms with E-state index in [1.54, 1.807) is 12.1 Å². The fraction of sp³-hybridized carbons (Fsp3) is 0. The lowest BCUT2D eigenvalue weighted by Gasteiger charge is -2.11. The van der Waals surface area contributed by atoms with Crippen LogP contribution in [-0.2, 0) is 0 Å². The Kier molecular flexibility index (Phi) is 3.92. The average molecular weight is 274 g/mol. The molecule has 3 rings (SSSR count). The van der Waals surface area contributed by atoms with Gasteiger partial charge in [0.05, 0.1) is 0 Å².